The van der Waals surface area contributed by atoms with Crippen LogP contribution < -0.4 is 21.5 Å². The first-order valence-electron chi connectivity index (χ1n) is 8.92. The molecule has 0 aliphatic rings. The van der Waals surface area contributed by atoms with Gasteiger partial charge in [0.15, 0.2) is 5.11 Å². The van der Waals surface area contributed by atoms with Crippen molar-refractivity contribution >= 4 is 63.9 Å². The van der Waals surface area contributed by atoms with E-state index in [-0.39, 0.29) is 36.2 Å². The summed E-state index contributed by atoms with van der Waals surface area (Å²) in [5, 5.41) is 6.23. The van der Waals surface area contributed by atoms with Crippen molar-refractivity contribution in [2.24, 2.45) is 0 Å². The molecular formula is C20H20Cl2N4O3S. The van der Waals surface area contributed by atoms with E-state index in [1.807, 2.05) is 0 Å². The fourth-order valence-corrected chi connectivity index (χ4v) is 2.83. The molecule has 2 aromatic rings. The number of carbonyl (C=O) groups is 3. The van der Waals surface area contributed by atoms with Crippen molar-refractivity contribution in [2.75, 3.05) is 5.32 Å². The van der Waals surface area contributed by atoms with Gasteiger partial charge in [-0.05, 0) is 54.5 Å². The molecule has 0 unspecified atom stereocenters. The van der Waals surface area contributed by atoms with E-state index in [1.165, 1.54) is 0 Å². The Morgan fingerprint density at radius 1 is 0.900 bits per heavy atom. The smallest absolute Gasteiger partial charge is 0.238 e. The molecule has 10 heteroatoms. The SMILES string of the molecule is Cc1c(Cl)cccc1NC(=O)CCC(=O)NNC(=S)NC(=O)Cc1ccc(Cl)cc1. The van der Waals surface area contributed by atoms with Gasteiger partial charge in [0, 0.05) is 28.6 Å². The number of hydrazine groups is 1. The van der Waals surface area contributed by atoms with Crippen LogP contribution in [-0.4, -0.2) is 22.8 Å². The molecule has 0 spiro atoms. The van der Waals surface area contributed by atoms with Gasteiger partial charge in [-0.2, -0.15) is 0 Å². The minimum absolute atomic E-state index is 0.0326. The molecular weight excluding hydrogens is 447 g/mol. The molecule has 2 aromatic carbocycles. The lowest BCUT2D eigenvalue weighted by atomic mass is 10.1. The zero-order valence-electron chi connectivity index (χ0n) is 16.1. The molecule has 158 valence electrons. The summed E-state index contributed by atoms with van der Waals surface area (Å²) < 4.78 is 0. The lowest BCUT2D eigenvalue weighted by molar-refractivity contribution is -0.124. The number of anilines is 1. The molecule has 0 fully saturated rings. The molecule has 7 nitrogen and oxygen atoms in total. The molecule has 2 rings (SSSR count). The first kappa shape index (κ1) is 23.6. The maximum absolute atomic E-state index is 12.0. The third kappa shape index (κ3) is 7.98. The summed E-state index contributed by atoms with van der Waals surface area (Å²) in [6.07, 6.45) is 0.00492. The minimum Gasteiger partial charge on any atom is -0.326 e. The minimum atomic E-state index is -0.456. The Hall–Kier alpha value is -2.68. The quantitative estimate of drug-likeness (QED) is 0.386. The van der Waals surface area contributed by atoms with Crippen LogP contribution in [0.25, 0.3) is 0 Å². The van der Waals surface area contributed by atoms with Crippen molar-refractivity contribution in [3.05, 3.63) is 63.6 Å². The number of amides is 3. The maximum Gasteiger partial charge on any atom is 0.238 e. The molecule has 0 saturated heterocycles. The predicted molar refractivity (Wildman–Crippen MR) is 121 cm³/mol. The van der Waals surface area contributed by atoms with Crippen LogP contribution in [0.1, 0.15) is 24.0 Å². The fourth-order valence-electron chi connectivity index (χ4n) is 2.36. The van der Waals surface area contributed by atoms with Gasteiger partial charge in [-0.25, -0.2) is 0 Å². The third-order valence-electron chi connectivity index (χ3n) is 3.97. The van der Waals surface area contributed by atoms with Crippen molar-refractivity contribution in [1.29, 1.82) is 0 Å². The highest BCUT2D eigenvalue weighted by atomic mass is 35.5. The summed E-state index contributed by atoms with van der Waals surface area (Å²) in [6.45, 7) is 1.79. The van der Waals surface area contributed by atoms with Crippen LogP contribution >= 0.6 is 35.4 Å². The van der Waals surface area contributed by atoms with E-state index >= 15 is 0 Å². The maximum atomic E-state index is 12.0. The van der Waals surface area contributed by atoms with Crippen LogP contribution in [0.2, 0.25) is 10.0 Å². The summed E-state index contributed by atoms with van der Waals surface area (Å²) in [5.74, 6) is -1.13. The van der Waals surface area contributed by atoms with E-state index in [4.69, 9.17) is 35.4 Å². The number of benzene rings is 2. The average molecular weight is 467 g/mol. The van der Waals surface area contributed by atoms with Gasteiger partial charge >= 0.3 is 0 Å². The van der Waals surface area contributed by atoms with E-state index in [0.717, 1.165) is 11.1 Å². The molecule has 0 saturated carbocycles. The Morgan fingerprint density at radius 2 is 1.57 bits per heavy atom. The van der Waals surface area contributed by atoms with Crippen molar-refractivity contribution in [1.82, 2.24) is 16.2 Å². The lowest BCUT2D eigenvalue weighted by Crippen LogP contribution is -2.48. The summed E-state index contributed by atoms with van der Waals surface area (Å²) in [6, 6.07) is 12.0. The van der Waals surface area contributed by atoms with Gasteiger partial charge in [0.2, 0.25) is 17.7 Å². The van der Waals surface area contributed by atoms with Gasteiger partial charge in [0.25, 0.3) is 0 Å². The van der Waals surface area contributed by atoms with Gasteiger partial charge < -0.3 is 10.6 Å². The van der Waals surface area contributed by atoms with Gasteiger partial charge in [0.05, 0.1) is 6.42 Å². The number of thiocarbonyl (C=S) groups is 1. The molecule has 30 heavy (non-hydrogen) atoms. The number of hydrogen-bond acceptors (Lipinski definition) is 4. The molecule has 0 aliphatic heterocycles. The number of carbonyl (C=O) groups excluding carboxylic acids is 3. The highest BCUT2D eigenvalue weighted by Crippen LogP contribution is 2.23. The number of hydrogen-bond donors (Lipinski definition) is 4. The van der Waals surface area contributed by atoms with Crippen molar-refractivity contribution in [3.63, 3.8) is 0 Å². The van der Waals surface area contributed by atoms with E-state index in [9.17, 15) is 14.4 Å². The topological polar surface area (TPSA) is 99.3 Å². The van der Waals surface area contributed by atoms with Crippen molar-refractivity contribution in [2.45, 2.75) is 26.2 Å². The monoisotopic (exact) mass is 466 g/mol. The van der Waals surface area contributed by atoms with Crippen LogP contribution in [0.5, 0.6) is 0 Å². The lowest BCUT2D eigenvalue weighted by Gasteiger charge is -2.11. The Bertz CT molecular complexity index is 952. The van der Waals surface area contributed by atoms with Crippen molar-refractivity contribution < 1.29 is 14.4 Å². The molecule has 0 aromatic heterocycles. The summed E-state index contributed by atoms with van der Waals surface area (Å²) in [4.78, 5) is 35.8. The number of halogens is 2. The normalized spacial score (nSPS) is 10.1. The zero-order valence-corrected chi connectivity index (χ0v) is 18.4. The molecule has 3 amide bonds. The molecule has 4 N–H and O–H groups in total. The Labute approximate surface area is 189 Å². The van der Waals surface area contributed by atoms with E-state index in [0.29, 0.717) is 15.7 Å². The summed E-state index contributed by atoms with van der Waals surface area (Å²) in [5.41, 5.74) is 6.87. The third-order valence-corrected chi connectivity index (χ3v) is 4.83. The van der Waals surface area contributed by atoms with Crippen LogP contribution in [0.15, 0.2) is 42.5 Å². The van der Waals surface area contributed by atoms with E-state index in [2.05, 4.69) is 21.5 Å². The van der Waals surface area contributed by atoms with Gasteiger partial charge in [-0.3, -0.25) is 25.2 Å². The summed E-state index contributed by atoms with van der Waals surface area (Å²) >= 11 is 16.8. The standard InChI is InChI=1S/C20H20Cl2N4O3S/c1-12-15(22)3-2-4-16(12)23-17(27)9-10-18(28)25-26-20(30)24-19(29)11-13-5-7-14(21)8-6-13/h2-8H,9-11H2,1H3,(H,23,27)(H,25,28)(H2,24,26,29,30). The van der Waals surface area contributed by atoms with Crippen molar-refractivity contribution in [3.8, 4) is 0 Å². The van der Waals surface area contributed by atoms with Gasteiger partial charge in [-0.1, -0.05) is 41.4 Å². The Balaban J connectivity index is 1.67. The summed E-state index contributed by atoms with van der Waals surface area (Å²) in [7, 11) is 0. The van der Waals surface area contributed by atoms with Crippen LogP contribution in [0.4, 0.5) is 5.69 Å². The molecule has 0 atom stereocenters. The first-order chi connectivity index (χ1) is 14.2. The fraction of sp³-hybridized carbons (Fsp3) is 0.200. The molecule has 0 heterocycles. The first-order valence-corrected chi connectivity index (χ1v) is 10.1. The highest BCUT2D eigenvalue weighted by molar-refractivity contribution is 7.80. The number of nitrogens with one attached hydrogen (secondary N) is 4. The predicted octanol–water partition coefficient (Wildman–Crippen LogP) is 3.29. The zero-order chi connectivity index (χ0) is 22.1. The number of rotatable bonds is 6. The van der Waals surface area contributed by atoms with E-state index < -0.39 is 5.91 Å². The van der Waals surface area contributed by atoms with E-state index in [1.54, 1.807) is 49.4 Å². The Morgan fingerprint density at radius 3 is 2.27 bits per heavy atom. The van der Waals surface area contributed by atoms with Gasteiger partial charge in [-0.15, -0.1) is 0 Å². The second kappa shape index (κ2) is 11.5. The van der Waals surface area contributed by atoms with Crippen LogP contribution in [0.3, 0.4) is 0 Å². The molecule has 0 bridgehead atoms. The largest absolute Gasteiger partial charge is 0.326 e. The molecule has 0 aliphatic carbocycles. The second-order valence-electron chi connectivity index (χ2n) is 6.31. The second-order valence-corrected chi connectivity index (χ2v) is 7.57. The molecule has 0 radical (unpaired) electrons. The van der Waals surface area contributed by atoms with Crippen LogP contribution in [-0.2, 0) is 20.8 Å². The van der Waals surface area contributed by atoms with Crippen LogP contribution in [0, 0.1) is 6.92 Å². The average Bonchev–Trinajstić information content (AvgIpc) is 2.70. The Kier molecular flexibility index (Phi) is 9.04. The van der Waals surface area contributed by atoms with Gasteiger partial charge in [0.1, 0.15) is 0 Å². The highest BCUT2D eigenvalue weighted by Gasteiger charge is 2.11.